The Kier molecular flexibility index (Phi) is 5.05. The maximum atomic E-state index is 11.6. The van der Waals surface area contributed by atoms with Crippen molar-refractivity contribution in [2.75, 3.05) is 5.32 Å². The number of hydrogen-bond acceptors (Lipinski definition) is 4. The van der Waals surface area contributed by atoms with Crippen LogP contribution in [0.5, 0.6) is 0 Å². The molecule has 5 heteroatoms. The van der Waals surface area contributed by atoms with Crippen LogP contribution in [0.25, 0.3) is 0 Å². The van der Waals surface area contributed by atoms with Crippen LogP contribution in [0.2, 0.25) is 0 Å². The van der Waals surface area contributed by atoms with Gasteiger partial charge < -0.3 is 5.32 Å². The molecule has 0 atom stereocenters. The van der Waals surface area contributed by atoms with E-state index >= 15 is 0 Å². The number of nitrogens with zero attached hydrogens (tertiary/aromatic N) is 2. The smallest absolute Gasteiger partial charge is 0.226 e. The second-order valence-electron chi connectivity index (χ2n) is 5.18. The van der Waals surface area contributed by atoms with Crippen molar-refractivity contribution in [2.45, 2.75) is 58.8 Å². The molecule has 0 saturated carbocycles. The summed E-state index contributed by atoms with van der Waals surface area (Å²) in [5.74, 6) is 0.821. The Balaban J connectivity index is 2.46. The molecular weight excluding hydrogens is 234 g/mol. The van der Waals surface area contributed by atoms with E-state index in [1.165, 1.54) is 11.5 Å². The van der Waals surface area contributed by atoms with Gasteiger partial charge in [-0.15, -0.1) is 0 Å². The van der Waals surface area contributed by atoms with E-state index in [1.54, 1.807) is 0 Å². The van der Waals surface area contributed by atoms with Gasteiger partial charge in [0.15, 0.2) is 0 Å². The minimum absolute atomic E-state index is 0.0371. The van der Waals surface area contributed by atoms with Gasteiger partial charge in [-0.3, -0.25) is 4.79 Å². The zero-order chi connectivity index (χ0) is 12.9. The molecule has 0 aliphatic rings. The van der Waals surface area contributed by atoms with Gasteiger partial charge in [0.2, 0.25) is 11.0 Å². The van der Waals surface area contributed by atoms with Crippen LogP contribution in [0.3, 0.4) is 0 Å². The maximum Gasteiger partial charge on any atom is 0.226 e. The summed E-state index contributed by atoms with van der Waals surface area (Å²) in [4.78, 5) is 15.9. The van der Waals surface area contributed by atoms with Crippen molar-refractivity contribution < 1.29 is 4.79 Å². The molecule has 0 unspecified atom stereocenters. The van der Waals surface area contributed by atoms with Crippen LogP contribution in [0, 0.1) is 0 Å². The molecule has 0 spiro atoms. The molecule has 1 rings (SSSR count). The highest BCUT2D eigenvalue weighted by molar-refractivity contribution is 7.09. The van der Waals surface area contributed by atoms with Crippen LogP contribution in [0.1, 0.15) is 59.2 Å². The number of carbonyl (C=O) groups excluding carboxylic acids is 1. The lowest BCUT2D eigenvalue weighted by molar-refractivity contribution is -0.116. The van der Waals surface area contributed by atoms with Gasteiger partial charge in [-0.25, -0.2) is 4.98 Å². The van der Waals surface area contributed by atoms with Crippen molar-refractivity contribution in [3.8, 4) is 0 Å². The van der Waals surface area contributed by atoms with E-state index in [1.807, 2.05) is 0 Å². The first-order valence-electron chi connectivity index (χ1n) is 6.07. The van der Waals surface area contributed by atoms with E-state index in [0.29, 0.717) is 11.6 Å². The lowest BCUT2D eigenvalue weighted by atomic mass is 9.96. The van der Waals surface area contributed by atoms with E-state index in [9.17, 15) is 4.79 Å². The predicted molar refractivity (Wildman–Crippen MR) is 71.4 cm³/mol. The van der Waals surface area contributed by atoms with Gasteiger partial charge in [-0.05, 0) is 6.42 Å². The Morgan fingerprint density at radius 1 is 1.35 bits per heavy atom. The largest absolute Gasteiger partial charge is 0.301 e. The van der Waals surface area contributed by atoms with Crippen molar-refractivity contribution in [3.05, 3.63) is 5.82 Å². The fourth-order valence-corrected chi connectivity index (χ4v) is 2.07. The van der Waals surface area contributed by atoms with Gasteiger partial charge in [0.05, 0.1) is 0 Å². The first-order valence-corrected chi connectivity index (χ1v) is 6.85. The third-order valence-electron chi connectivity index (χ3n) is 2.35. The molecule has 1 heterocycles. The van der Waals surface area contributed by atoms with Crippen LogP contribution < -0.4 is 5.32 Å². The number of aromatic nitrogens is 2. The molecule has 0 saturated heterocycles. The zero-order valence-electron chi connectivity index (χ0n) is 11.0. The number of unbranched alkanes of at least 4 members (excludes halogenated alkanes) is 2. The Hall–Kier alpha value is -0.970. The summed E-state index contributed by atoms with van der Waals surface area (Å²) in [7, 11) is 0. The highest BCUT2D eigenvalue weighted by atomic mass is 32.1. The van der Waals surface area contributed by atoms with Crippen molar-refractivity contribution in [3.63, 3.8) is 0 Å². The van der Waals surface area contributed by atoms with Gasteiger partial charge in [0.25, 0.3) is 0 Å². The third kappa shape index (κ3) is 4.81. The average molecular weight is 255 g/mol. The number of amides is 1. The second kappa shape index (κ2) is 6.10. The summed E-state index contributed by atoms with van der Waals surface area (Å²) >= 11 is 1.25. The summed E-state index contributed by atoms with van der Waals surface area (Å²) in [6.45, 7) is 8.30. The molecule has 17 heavy (non-hydrogen) atoms. The Morgan fingerprint density at radius 3 is 2.59 bits per heavy atom. The molecule has 0 bridgehead atoms. The Labute approximate surface area is 107 Å². The quantitative estimate of drug-likeness (QED) is 0.821. The number of hydrogen-bond donors (Lipinski definition) is 1. The van der Waals surface area contributed by atoms with E-state index < -0.39 is 0 Å². The zero-order valence-corrected chi connectivity index (χ0v) is 11.9. The highest BCUT2D eigenvalue weighted by Gasteiger charge is 2.19. The maximum absolute atomic E-state index is 11.6. The molecule has 0 aliphatic heterocycles. The van der Waals surface area contributed by atoms with Crippen molar-refractivity contribution in [1.29, 1.82) is 0 Å². The summed E-state index contributed by atoms with van der Waals surface area (Å²) in [5, 5.41) is 3.41. The van der Waals surface area contributed by atoms with Gasteiger partial charge in [0.1, 0.15) is 5.82 Å². The van der Waals surface area contributed by atoms with Crippen LogP contribution >= 0.6 is 11.5 Å². The van der Waals surface area contributed by atoms with Crippen molar-refractivity contribution >= 4 is 22.6 Å². The summed E-state index contributed by atoms with van der Waals surface area (Å²) in [6, 6.07) is 0. The van der Waals surface area contributed by atoms with Crippen LogP contribution in [-0.4, -0.2) is 15.3 Å². The number of nitrogens with one attached hydrogen (secondary N) is 1. The normalized spacial score (nSPS) is 11.5. The molecule has 1 amide bonds. The van der Waals surface area contributed by atoms with Gasteiger partial charge in [-0.2, -0.15) is 4.37 Å². The molecule has 0 aliphatic carbocycles. The molecule has 1 aromatic rings. The van der Waals surface area contributed by atoms with E-state index in [4.69, 9.17) is 0 Å². The highest BCUT2D eigenvalue weighted by Crippen LogP contribution is 2.22. The van der Waals surface area contributed by atoms with Crippen molar-refractivity contribution in [2.24, 2.45) is 0 Å². The minimum atomic E-state index is -0.0678. The lowest BCUT2D eigenvalue weighted by Crippen LogP contribution is -2.14. The molecule has 0 radical (unpaired) electrons. The summed E-state index contributed by atoms with van der Waals surface area (Å²) in [6.07, 6.45) is 3.72. The number of anilines is 1. The fourth-order valence-electron chi connectivity index (χ4n) is 1.30. The fraction of sp³-hybridized carbons (Fsp3) is 0.750. The summed E-state index contributed by atoms with van der Waals surface area (Å²) in [5.41, 5.74) is -0.0678. The van der Waals surface area contributed by atoms with Gasteiger partial charge >= 0.3 is 0 Å². The molecular formula is C12H21N3OS. The predicted octanol–water partition coefficient (Wildman–Crippen LogP) is 3.35. The standard InChI is InChI=1S/C12H21N3OS/c1-5-6-7-8-9(16)13-11-14-10(15-17-11)12(2,3)4/h5-8H2,1-4H3,(H,13,14,15,16). The third-order valence-corrected chi connectivity index (χ3v) is 2.98. The van der Waals surface area contributed by atoms with Gasteiger partial charge in [-0.1, -0.05) is 40.5 Å². The Morgan fingerprint density at radius 2 is 2.06 bits per heavy atom. The first-order chi connectivity index (χ1) is 7.93. The Bertz CT molecular complexity index is 368. The number of carbonyl (C=O) groups is 1. The van der Waals surface area contributed by atoms with E-state index in [-0.39, 0.29) is 11.3 Å². The van der Waals surface area contributed by atoms with Crippen molar-refractivity contribution in [1.82, 2.24) is 9.36 Å². The van der Waals surface area contributed by atoms with Crippen LogP contribution in [0.4, 0.5) is 5.13 Å². The molecule has 96 valence electrons. The monoisotopic (exact) mass is 255 g/mol. The number of rotatable bonds is 5. The first kappa shape index (κ1) is 14.1. The van der Waals surface area contributed by atoms with Crippen LogP contribution in [-0.2, 0) is 10.2 Å². The SMILES string of the molecule is CCCCCC(=O)Nc1nc(C(C)(C)C)ns1. The molecule has 0 aromatic carbocycles. The molecule has 1 N–H and O–H groups in total. The topological polar surface area (TPSA) is 54.9 Å². The summed E-state index contributed by atoms with van der Waals surface area (Å²) < 4.78 is 4.25. The molecule has 1 aromatic heterocycles. The van der Waals surface area contributed by atoms with E-state index in [2.05, 4.69) is 42.4 Å². The molecule has 4 nitrogen and oxygen atoms in total. The average Bonchev–Trinajstić information content (AvgIpc) is 2.66. The van der Waals surface area contributed by atoms with Crippen LogP contribution in [0.15, 0.2) is 0 Å². The minimum Gasteiger partial charge on any atom is -0.301 e. The van der Waals surface area contributed by atoms with Gasteiger partial charge in [0, 0.05) is 23.4 Å². The lowest BCUT2D eigenvalue weighted by Gasteiger charge is -2.12. The van der Waals surface area contributed by atoms with E-state index in [0.717, 1.165) is 25.1 Å². The second-order valence-corrected chi connectivity index (χ2v) is 5.93. The molecule has 0 fully saturated rings.